The number of hydrogen-bond donors (Lipinski definition) is 1. The molecule has 0 aliphatic carbocycles. The molecule has 1 N–H and O–H groups in total. The summed E-state index contributed by atoms with van der Waals surface area (Å²) in [7, 11) is 0. The van der Waals surface area contributed by atoms with E-state index in [1.54, 1.807) is 6.20 Å². The first-order valence-corrected chi connectivity index (χ1v) is 5.67. The van der Waals surface area contributed by atoms with E-state index in [9.17, 15) is 4.79 Å². The van der Waals surface area contributed by atoms with Gasteiger partial charge in [-0.1, -0.05) is 13.8 Å². The summed E-state index contributed by atoms with van der Waals surface area (Å²) in [5, 5.41) is 2.78. The van der Waals surface area contributed by atoms with E-state index in [4.69, 9.17) is 9.15 Å². The lowest BCUT2D eigenvalue weighted by molar-refractivity contribution is 0.0481. The van der Waals surface area contributed by atoms with Crippen molar-refractivity contribution in [3.63, 3.8) is 0 Å². The third-order valence-corrected chi connectivity index (χ3v) is 2.10. The predicted octanol–water partition coefficient (Wildman–Crippen LogP) is 2.90. The molecule has 1 rings (SSSR count). The molecule has 1 amide bonds. The van der Waals surface area contributed by atoms with Gasteiger partial charge in [-0.05, 0) is 26.7 Å². The van der Waals surface area contributed by atoms with Gasteiger partial charge in [0.25, 0.3) is 0 Å². The van der Waals surface area contributed by atoms with Crippen LogP contribution in [0.25, 0.3) is 0 Å². The van der Waals surface area contributed by atoms with E-state index in [0.29, 0.717) is 5.76 Å². The minimum Gasteiger partial charge on any atom is -0.446 e. The molecule has 5 heteroatoms. The van der Waals surface area contributed by atoms with E-state index < -0.39 is 11.7 Å². The van der Waals surface area contributed by atoms with Gasteiger partial charge >= 0.3 is 6.09 Å². The van der Waals surface area contributed by atoms with Crippen molar-refractivity contribution >= 4 is 6.09 Å². The fraction of sp³-hybridized carbons (Fsp3) is 0.667. The van der Waals surface area contributed by atoms with Crippen LogP contribution in [0.2, 0.25) is 0 Å². The van der Waals surface area contributed by atoms with Crippen molar-refractivity contribution in [2.45, 2.75) is 46.3 Å². The van der Waals surface area contributed by atoms with Crippen molar-refractivity contribution in [1.82, 2.24) is 10.3 Å². The highest BCUT2D eigenvalue weighted by atomic mass is 16.6. The Labute approximate surface area is 102 Å². The molecule has 1 atom stereocenters. The summed E-state index contributed by atoms with van der Waals surface area (Å²) < 4.78 is 10.4. The van der Waals surface area contributed by atoms with Gasteiger partial charge < -0.3 is 14.5 Å². The first-order valence-electron chi connectivity index (χ1n) is 5.67. The standard InChI is InChI=1S/C12H20N2O3/c1-8(2)10(9-6-13-7-16-9)14-11(15)17-12(3,4)5/h6-8,10H,1-5H3,(H,14,15). The van der Waals surface area contributed by atoms with Crippen LogP contribution < -0.4 is 5.32 Å². The van der Waals surface area contributed by atoms with Crippen LogP contribution in [0.4, 0.5) is 4.79 Å². The van der Waals surface area contributed by atoms with Gasteiger partial charge in [0, 0.05) is 0 Å². The van der Waals surface area contributed by atoms with Gasteiger partial charge in [-0.2, -0.15) is 0 Å². The lowest BCUT2D eigenvalue weighted by Gasteiger charge is -2.24. The highest BCUT2D eigenvalue weighted by Crippen LogP contribution is 2.21. The Kier molecular flexibility index (Phi) is 4.15. The van der Waals surface area contributed by atoms with E-state index >= 15 is 0 Å². The quantitative estimate of drug-likeness (QED) is 0.882. The molecule has 0 fully saturated rings. The summed E-state index contributed by atoms with van der Waals surface area (Å²) >= 11 is 0. The minimum absolute atomic E-state index is 0.190. The van der Waals surface area contributed by atoms with Gasteiger partial charge in [0.05, 0.1) is 12.2 Å². The van der Waals surface area contributed by atoms with Crippen LogP contribution in [0.15, 0.2) is 17.0 Å². The van der Waals surface area contributed by atoms with Crippen molar-refractivity contribution in [1.29, 1.82) is 0 Å². The van der Waals surface area contributed by atoms with E-state index in [1.165, 1.54) is 6.39 Å². The predicted molar refractivity (Wildman–Crippen MR) is 63.5 cm³/mol. The smallest absolute Gasteiger partial charge is 0.408 e. The molecule has 0 aromatic carbocycles. The minimum atomic E-state index is -0.507. The van der Waals surface area contributed by atoms with Crippen LogP contribution in [-0.4, -0.2) is 16.7 Å². The van der Waals surface area contributed by atoms with Crippen LogP contribution in [-0.2, 0) is 4.74 Å². The molecule has 0 aliphatic rings. The number of amides is 1. The zero-order chi connectivity index (χ0) is 13.1. The first-order chi connectivity index (χ1) is 7.79. The maximum absolute atomic E-state index is 11.7. The van der Waals surface area contributed by atoms with E-state index in [1.807, 2.05) is 34.6 Å². The zero-order valence-electron chi connectivity index (χ0n) is 11.0. The average molecular weight is 240 g/mol. The van der Waals surface area contributed by atoms with Gasteiger partial charge in [-0.15, -0.1) is 0 Å². The largest absolute Gasteiger partial charge is 0.446 e. The van der Waals surface area contributed by atoms with Crippen molar-refractivity contribution in [2.24, 2.45) is 5.92 Å². The van der Waals surface area contributed by atoms with E-state index in [2.05, 4.69) is 10.3 Å². The normalized spacial score (nSPS) is 13.5. The summed E-state index contributed by atoms with van der Waals surface area (Å²) in [4.78, 5) is 15.5. The monoisotopic (exact) mass is 240 g/mol. The number of rotatable bonds is 3. The molecule has 0 saturated carbocycles. The topological polar surface area (TPSA) is 64.4 Å². The second kappa shape index (κ2) is 5.21. The van der Waals surface area contributed by atoms with Crippen LogP contribution in [0.1, 0.15) is 46.4 Å². The number of hydrogen-bond acceptors (Lipinski definition) is 4. The second-order valence-electron chi connectivity index (χ2n) is 5.27. The number of nitrogens with one attached hydrogen (secondary N) is 1. The zero-order valence-corrected chi connectivity index (χ0v) is 11.0. The van der Waals surface area contributed by atoms with Crippen molar-refractivity contribution in [3.8, 4) is 0 Å². The van der Waals surface area contributed by atoms with E-state index in [0.717, 1.165) is 0 Å². The molecule has 0 aliphatic heterocycles. The average Bonchev–Trinajstić information content (AvgIpc) is 2.63. The Hall–Kier alpha value is -1.52. The molecule has 0 radical (unpaired) electrons. The molecular weight excluding hydrogens is 220 g/mol. The maximum atomic E-state index is 11.7. The summed E-state index contributed by atoms with van der Waals surface area (Å²) in [5.41, 5.74) is -0.507. The SMILES string of the molecule is CC(C)C(NC(=O)OC(C)(C)C)c1cnco1. The number of oxazole rings is 1. The molecule has 1 heterocycles. The third-order valence-electron chi connectivity index (χ3n) is 2.10. The van der Waals surface area contributed by atoms with Gasteiger partial charge in [-0.25, -0.2) is 9.78 Å². The number of nitrogens with zero attached hydrogens (tertiary/aromatic N) is 1. The molecule has 1 aromatic heterocycles. The molecule has 17 heavy (non-hydrogen) atoms. The maximum Gasteiger partial charge on any atom is 0.408 e. The fourth-order valence-electron chi connectivity index (χ4n) is 1.38. The Bertz CT molecular complexity index is 352. The highest BCUT2D eigenvalue weighted by Gasteiger charge is 2.24. The molecule has 1 aromatic rings. The molecule has 0 saturated heterocycles. The van der Waals surface area contributed by atoms with Crippen LogP contribution in [0.5, 0.6) is 0 Å². The van der Waals surface area contributed by atoms with Crippen LogP contribution in [0.3, 0.4) is 0 Å². The fourth-order valence-corrected chi connectivity index (χ4v) is 1.38. The first kappa shape index (κ1) is 13.5. The van der Waals surface area contributed by atoms with Crippen molar-refractivity contribution in [2.75, 3.05) is 0 Å². The van der Waals surface area contributed by atoms with Gasteiger partial charge in [0.2, 0.25) is 0 Å². The number of alkyl carbamates (subject to hydrolysis) is 1. The summed E-state index contributed by atoms with van der Waals surface area (Å²) in [6, 6.07) is -0.229. The van der Waals surface area contributed by atoms with Gasteiger partial charge in [0.1, 0.15) is 11.4 Å². The summed E-state index contributed by atoms with van der Waals surface area (Å²) in [6.45, 7) is 9.46. The Morgan fingerprint density at radius 1 is 1.47 bits per heavy atom. The molecule has 1 unspecified atom stereocenters. The van der Waals surface area contributed by atoms with Crippen molar-refractivity contribution < 1.29 is 13.9 Å². The molecule has 96 valence electrons. The number of ether oxygens (including phenoxy) is 1. The Morgan fingerprint density at radius 3 is 2.53 bits per heavy atom. The number of carbonyl (C=O) groups excluding carboxylic acids is 1. The van der Waals surface area contributed by atoms with Crippen LogP contribution in [0, 0.1) is 5.92 Å². The molecular formula is C12H20N2O3. The lowest BCUT2D eigenvalue weighted by Crippen LogP contribution is -2.36. The van der Waals surface area contributed by atoms with Crippen molar-refractivity contribution in [3.05, 3.63) is 18.4 Å². The summed E-state index contributed by atoms with van der Waals surface area (Å²) in [5.74, 6) is 0.821. The van der Waals surface area contributed by atoms with Crippen LogP contribution >= 0.6 is 0 Å². The molecule has 5 nitrogen and oxygen atoms in total. The molecule has 0 spiro atoms. The summed E-state index contributed by atoms with van der Waals surface area (Å²) in [6.07, 6.45) is 2.50. The third kappa shape index (κ3) is 4.46. The second-order valence-corrected chi connectivity index (χ2v) is 5.27. The van der Waals surface area contributed by atoms with Gasteiger partial charge in [-0.3, -0.25) is 0 Å². The number of carbonyl (C=O) groups is 1. The molecule has 0 bridgehead atoms. The lowest BCUT2D eigenvalue weighted by atomic mass is 10.0. The van der Waals surface area contributed by atoms with E-state index in [-0.39, 0.29) is 12.0 Å². The number of aromatic nitrogens is 1. The Balaban J connectivity index is 2.66. The Morgan fingerprint density at radius 2 is 2.12 bits per heavy atom. The van der Waals surface area contributed by atoms with Gasteiger partial charge in [0.15, 0.2) is 6.39 Å². The highest BCUT2D eigenvalue weighted by molar-refractivity contribution is 5.68.